The molecule has 0 radical (unpaired) electrons. The summed E-state index contributed by atoms with van der Waals surface area (Å²) in [6, 6.07) is 13.3. The second-order valence-electron chi connectivity index (χ2n) is 8.81. The maximum Gasteiger partial charge on any atom is 0.254 e. The fraction of sp³-hybridized carbons (Fsp3) is 0.462. The largest absolute Gasteiger partial charge is 0.497 e. The van der Waals surface area contributed by atoms with Crippen molar-refractivity contribution in [3.8, 4) is 5.75 Å². The van der Waals surface area contributed by atoms with Crippen molar-refractivity contribution in [3.63, 3.8) is 0 Å². The molecule has 2 fully saturated rings. The monoisotopic (exact) mass is 516 g/mol. The molecular weight excluding hydrogens is 483 g/mol. The molecule has 8 nitrogen and oxygen atoms in total. The Morgan fingerprint density at radius 3 is 2.69 bits per heavy atom. The smallest absolute Gasteiger partial charge is 0.254 e. The standard InChI is InChI=1S/C26H33FN4O4S/c1-33-23-4-2-3-20(17-23)25(32)30(10-9-29-11-14-34-15-12-29)18-24-19-31(13-16-35-24)26(36)28-22-7-5-21(27)6-8-22/h2-8,17,24H,9-16,18-19H2,1H3,(H,28,36)/t24-/m0/s1. The number of nitrogens with one attached hydrogen (secondary N) is 1. The predicted molar refractivity (Wildman–Crippen MR) is 140 cm³/mol. The molecule has 4 rings (SSSR count). The van der Waals surface area contributed by atoms with E-state index < -0.39 is 0 Å². The lowest BCUT2D eigenvalue weighted by atomic mass is 10.1. The molecule has 2 aliphatic rings. The summed E-state index contributed by atoms with van der Waals surface area (Å²) in [7, 11) is 1.59. The molecule has 10 heteroatoms. The van der Waals surface area contributed by atoms with Gasteiger partial charge in [0.2, 0.25) is 0 Å². The van der Waals surface area contributed by atoms with Gasteiger partial charge in [-0.2, -0.15) is 0 Å². The van der Waals surface area contributed by atoms with Crippen molar-refractivity contribution in [1.82, 2.24) is 14.7 Å². The zero-order valence-electron chi connectivity index (χ0n) is 20.5. The molecule has 2 saturated heterocycles. The van der Waals surface area contributed by atoms with E-state index in [9.17, 15) is 9.18 Å². The molecule has 2 aromatic rings. The van der Waals surface area contributed by atoms with Crippen molar-refractivity contribution in [2.45, 2.75) is 6.10 Å². The van der Waals surface area contributed by atoms with E-state index in [1.807, 2.05) is 28.0 Å². The first-order valence-corrected chi connectivity index (χ1v) is 12.6. The number of hydrogen-bond acceptors (Lipinski definition) is 6. The van der Waals surface area contributed by atoms with Crippen LogP contribution in [0.15, 0.2) is 48.5 Å². The van der Waals surface area contributed by atoms with Gasteiger partial charge in [0.25, 0.3) is 5.91 Å². The molecule has 0 spiro atoms. The Hall–Kier alpha value is -2.79. The van der Waals surface area contributed by atoms with E-state index >= 15 is 0 Å². The summed E-state index contributed by atoms with van der Waals surface area (Å²) in [5.74, 6) is 0.289. The van der Waals surface area contributed by atoms with Gasteiger partial charge in [0.05, 0.1) is 33.0 Å². The minimum atomic E-state index is -0.296. The van der Waals surface area contributed by atoms with Crippen LogP contribution < -0.4 is 10.1 Å². The number of carbonyl (C=O) groups is 1. The van der Waals surface area contributed by atoms with Crippen molar-refractivity contribution < 1.29 is 23.4 Å². The number of methoxy groups -OCH3 is 1. The number of carbonyl (C=O) groups excluding carboxylic acids is 1. The summed E-state index contributed by atoms with van der Waals surface area (Å²) in [6.45, 7) is 6.61. The van der Waals surface area contributed by atoms with E-state index in [1.54, 1.807) is 25.3 Å². The van der Waals surface area contributed by atoms with Gasteiger partial charge in [-0.25, -0.2) is 4.39 Å². The number of amides is 1. The summed E-state index contributed by atoms with van der Waals surface area (Å²) >= 11 is 5.60. The zero-order valence-corrected chi connectivity index (χ0v) is 21.3. The van der Waals surface area contributed by atoms with Crippen molar-refractivity contribution in [2.75, 3.05) is 78.1 Å². The molecule has 0 bridgehead atoms. The van der Waals surface area contributed by atoms with Gasteiger partial charge in [-0.15, -0.1) is 0 Å². The summed E-state index contributed by atoms with van der Waals surface area (Å²) in [5, 5.41) is 3.71. The zero-order chi connectivity index (χ0) is 25.3. The molecule has 2 aliphatic heterocycles. The molecule has 1 N–H and O–H groups in total. The molecule has 194 valence electrons. The van der Waals surface area contributed by atoms with Gasteiger partial charge in [-0.05, 0) is 54.7 Å². The molecule has 36 heavy (non-hydrogen) atoms. The molecule has 1 atom stereocenters. The van der Waals surface area contributed by atoms with Crippen LogP contribution in [0.2, 0.25) is 0 Å². The Morgan fingerprint density at radius 2 is 1.94 bits per heavy atom. The van der Waals surface area contributed by atoms with Crippen LogP contribution in [-0.4, -0.2) is 105 Å². The number of thiocarbonyl (C=S) groups is 1. The van der Waals surface area contributed by atoms with E-state index in [1.165, 1.54) is 12.1 Å². The number of nitrogens with zero attached hydrogens (tertiary/aromatic N) is 3. The van der Waals surface area contributed by atoms with Crippen molar-refractivity contribution >= 4 is 28.9 Å². The molecule has 0 aromatic heterocycles. The normalized spacial score (nSPS) is 18.5. The molecule has 0 aliphatic carbocycles. The predicted octanol–water partition coefficient (Wildman–Crippen LogP) is 2.71. The van der Waals surface area contributed by atoms with Gasteiger partial charge in [-0.1, -0.05) is 6.07 Å². The lowest BCUT2D eigenvalue weighted by molar-refractivity contribution is -0.0228. The van der Waals surface area contributed by atoms with Gasteiger partial charge < -0.3 is 29.3 Å². The van der Waals surface area contributed by atoms with Gasteiger partial charge in [0.15, 0.2) is 5.11 Å². The van der Waals surface area contributed by atoms with Gasteiger partial charge in [0, 0.05) is 57.1 Å². The van der Waals surface area contributed by atoms with Crippen LogP contribution in [-0.2, 0) is 9.47 Å². The Morgan fingerprint density at radius 1 is 1.17 bits per heavy atom. The van der Waals surface area contributed by atoms with E-state index in [0.717, 1.165) is 25.3 Å². The number of benzene rings is 2. The number of hydrogen-bond donors (Lipinski definition) is 1. The third kappa shape index (κ3) is 7.36. The summed E-state index contributed by atoms with van der Waals surface area (Å²) in [6.07, 6.45) is -0.203. The molecule has 0 unspecified atom stereocenters. The number of halogens is 1. The van der Waals surface area contributed by atoms with Gasteiger partial charge >= 0.3 is 0 Å². The summed E-state index contributed by atoms with van der Waals surface area (Å²) in [4.78, 5) is 19.7. The average molecular weight is 517 g/mol. The van der Waals surface area contributed by atoms with Crippen molar-refractivity contribution in [1.29, 1.82) is 0 Å². The molecule has 0 saturated carbocycles. The quantitative estimate of drug-likeness (QED) is 0.538. The highest BCUT2D eigenvalue weighted by Crippen LogP contribution is 2.17. The molecule has 2 aromatic carbocycles. The van der Waals surface area contributed by atoms with Crippen molar-refractivity contribution in [3.05, 3.63) is 59.9 Å². The fourth-order valence-corrected chi connectivity index (χ4v) is 4.58. The van der Waals surface area contributed by atoms with Crippen LogP contribution in [0.1, 0.15) is 10.4 Å². The Labute approximate surface area is 216 Å². The van der Waals surface area contributed by atoms with Crippen LogP contribution in [0, 0.1) is 5.82 Å². The Kier molecular flexibility index (Phi) is 9.46. The number of morpholine rings is 2. The van der Waals surface area contributed by atoms with Crippen LogP contribution in [0.5, 0.6) is 5.75 Å². The average Bonchev–Trinajstić information content (AvgIpc) is 2.92. The van der Waals surface area contributed by atoms with Gasteiger partial charge in [-0.3, -0.25) is 9.69 Å². The van der Waals surface area contributed by atoms with Crippen LogP contribution >= 0.6 is 12.2 Å². The number of rotatable bonds is 8. The van der Waals surface area contributed by atoms with E-state index in [2.05, 4.69) is 10.2 Å². The lowest BCUT2D eigenvalue weighted by Gasteiger charge is -2.37. The first-order valence-electron chi connectivity index (χ1n) is 12.2. The highest BCUT2D eigenvalue weighted by molar-refractivity contribution is 7.80. The maximum absolute atomic E-state index is 13.5. The SMILES string of the molecule is COc1cccc(C(=O)N(CCN2CCOCC2)C[C@H]2CN(C(=S)Nc3ccc(F)cc3)CCO2)c1. The third-order valence-electron chi connectivity index (χ3n) is 6.34. The summed E-state index contributed by atoms with van der Waals surface area (Å²) in [5.41, 5.74) is 1.31. The van der Waals surface area contributed by atoms with E-state index in [0.29, 0.717) is 62.4 Å². The fourth-order valence-electron chi connectivity index (χ4n) is 4.30. The highest BCUT2D eigenvalue weighted by Gasteiger charge is 2.27. The Bertz CT molecular complexity index is 1020. The lowest BCUT2D eigenvalue weighted by Crippen LogP contribution is -2.52. The van der Waals surface area contributed by atoms with Crippen LogP contribution in [0.4, 0.5) is 10.1 Å². The topological polar surface area (TPSA) is 66.5 Å². The minimum absolute atomic E-state index is 0.0603. The van der Waals surface area contributed by atoms with Crippen molar-refractivity contribution in [2.24, 2.45) is 0 Å². The highest BCUT2D eigenvalue weighted by atomic mass is 32.1. The number of ether oxygens (including phenoxy) is 3. The third-order valence-corrected chi connectivity index (χ3v) is 6.70. The van der Waals surface area contributed by atoms with E-state index in [4.69, 9.17) is 26.4 Å². The van der Waals surface area contributed by atoms with Crippen LogP contribution in [0.3, 0.4) is 0 Å². The summed E-state index contributed by atoms with van der Waals surface area (Å²) < 4.78 is 30.0. The first-order chi connectivity index (χ1) is 17.5. The van der Waals surface area contributed by atoms with E-state index in [-0.39, 0.29) is 17.8 Å². The molecule has 1 amide bonds. The maximum atomic E-state index is 13.5. The molecular formula is C26H33FN4O4S. The minimum Gasteiger partial charge on any atom is -0.497 e. The second-order valence-corrected chi connectivity index (χ2v) is 9.20. The first kappa shape index (κ1) is 26.3. The second kappa shape index (κ2) is 13.0. The molecule has 2 heterocycles. The van der Waals surface area contributed by atoms with Crippen LogP contribution in [0.25, 0.3) is 0 Å². The Balaban J connectivity index is 1.41. The van der Waals surface area contributed by atoms with Gasteiger partial charge in [0.1, 0.15) is 11.6 Å². The number of anilines is 1.